The van der Waals surface area contributed by atoms with Crippen molar-refractivity contribution >= 4 is 11.6 Å². The van der Waals surface area contributed by atoms with Crippen LogP contribution in [-0.4, -0.2) is 25.7 Å². The first-order valence-electron chi connectivity index (χ1n) is 7.87. The molecule has 0 unspecified atom stereocenters. The maximum Gasteiger partial charge on any atom is 0.265 e. The maximum atomic E-state index is 12.1. The van der Waals surface area contributed by atoms with Crippen molar-refractivity contribution in [2.45, 2.75) is 20.3 Å². The van der Waals surface area contributed by atoms with Crippen LogP contribution in [0.1, 0.15) is 17.5 Å². The molecule has 4 nitrogen and oxygen atoms in total. The molecule has 0 radical (unpaired) electrons. The molecule has 0 spiro atoms. The van der Waals surface area contributed by atoms with E-state index in [1.165, 1.54) is 5.56 Å². The van der Waals surface area contributed by atoms with Crippen molar-refractivity contribution in [3.05, 3.63) is 53.6 Å². The first-order chi connectivity index (χ1) is 11.1. The average molecular weight is 311 g/mol. The van der Waals surface area contributed by atoms with E-state index in [1.807, 2.05) is 56.3 Å². The van der Waals surface area contributed by atoms with Crippen LogP contribution in [0.25, 0.3) is 0 Å². The number of aryl methyl sites for hydroxylation is 2. The highest BCUT2D eigenvalue weighted by Gasteiger charge is 2.24. The van der Waals surface area contributed by atoms with Crippen molar-refractivity contribution in [3.63, 3.8) is 0 Å². The zero-order chi connectivity index (χ0) is 16.2. The van der Waals surface area contributed by atoms with Crippen LogP contribution in [0.2, 0.25) is 0 Å². The van der Waals surface area contributed by atoms with Crippen LogP contribution < -0.4 is 14.4 Å². The SMILES string of the molecule is Cc1ccc(OCCCN2C(=O)COc3ccc(C)cc32)cc1. The van der Waals surface area contributed by atoms with Crippen molar-refractivity contribution in [1.29, 1.82) is 0 Å². The standard InChI is InChI=1S/C19H21NO3/c1-14-4-7-16(8-5-14)22-11-3-10-20-17-12-15(2)6-9-18(17)23-13-19(20)21/h4-9,12H,3,10-11,13H2,1-2H3. The average Bonchev–Trinajstić information content (AvgIpc) is 2.55. The lowest BCUT2D eigenvalue weighted by molar-refractivity contribution is -0.121. The fraction of sp³-hybridized carbons (Fsp3) is 0.316. The highest BCUT2D eigenvalue weighted by Crippen LogP contribution is 2.32. The smallest absolute Gasteiger partial charge is 0.265 e. The lowest BCUT2D eigenvalue weighted by Gasteiger charge is -2.29. The van der Waals surface area contributed by atoms with Gasteiger partial charge in [0.15, 0.2) is 6.61 Å². The highest BCUT2D eigenvalue weighted by molar-refractivity contribution is 5.97. The van der Waals surface area contributed by atoms with E-state index in [9.17, 15) is 4.79 Å². The summed E-state index contributed by atoms with van der Waals surface area (Å²) < 4.78 is 11.2. The largest absolute Gasteiger partial charge is 0.494 e. The Bertz CT molecular complexity index is 694. The Morgan fingerprint density at radius 1 is 1.09 bits per heavy atom. The third-order valence-corrected chi connectivity index (χ3v) is 3.87. The number of amides is 1. The molecule has 23 heavy (non-hydrogen) atoms. The van der Waals surface area contributed by atoms with Gasteiger partial charge in [-0.15, -0.1) is 0 Å². The predicted molar refractivity (Wildman–Crippen MR) is 90.3 cm³/mol. The zero-order valence-corrected chi connectivity index (χ0v) is 13.5. The van der Waals surface area contributed by atoms with E-state index in [-0.39, 0.29) is 12.5 Å². The van der Waals surface area contributed by atoms with E-state index >= 15 is 0 Å². The van der Waals surface area contributed by atoms with Crippen LogP contribution in [0.15, 0.2) is 42.5 Å². The number of anilines is 1. The van der Waals surface area contributed by atoms with Gasteiger partial charge in [0, 0.05) is 6.54 Å². The minimum absolute atomic E-state index is 0.00145. The fourth-order valence-corrected chi connectivity index (χ4v) is 2.60. The minimum atomic E-state index is -0.00145. The number of nitrogens with zero attached hydrogens (tertiary/aromatic N) is 1. The molecule has 3 rings (SSSR count). The van der Waals surface area contributed by atoms with Crippen LogP contribution in [0.4, 0.5) is 5.69 Å². The van der Waals surface area contributed by atoms with Crippen LogP contribution >= 0.6 is 0 Å². The summed E-state index contributed by atoms with van der Waals surface area (Å²) >= 11 is 0. The Labute approximate surface area is 136 Å². The van der Waals surface area contributed by atoms with Crippen molar-refractivity contribution in [3.8, 4) is 11.5 Å². The van der Waals surface area contributed by atoms with Crippen LogP contribution in [-0.2, 0) is 4.79 Å². The quantitative estimate of drug-likeness (QED) is 0.793. The van der Waals surface area contributed by atoms with Crippen molar-refractivity contribution in [2.75, 3.05) is 24.7 Å². The number of hydrogen-bond acceptors (Lipinski definition) is 3. The Hall–Kier alpha value is -2.49. The second-order valence-electron chi connectivity index (χ2n) is 5.82. The normalized spacial score (nSPS) is 13.5. The molecule has 0 saturated heterocycles. The van der Waals surface area contributed by atoms with E-state index in [0.29, 0.717) is 13.2 Å². The molecule has 0 bridgehead atoms. The summed E-state index contributed by atoms with van der Waals surface area (Å²) in [6.07, 6.45) is 0.771. The van der Waals surface area contributed by atoms with Gasteiger partial charge in [-0.25, -0.2) is 0 Å². The number of benzene rings is 2. The van der Waals surface area contributed by atoms with E-state index in [0.717, 1.165) is 29.2 Å². The highest BCUT2D eigenvalue weighted by atomic mass is 16.5. The molecule has 0 N–H and O–H groups in total. The van der Waals surface area contributed by atoms with Crippen molar-refractivity contribution in [2.24, 2.45) is 0 Å². The van der Waals surface area contributed by atoms with Gasteiger partial charge in [-0.2, -0.15) is 0 Å². The summed E-state index contributed by atoms with van der Waals surface area (Å²) in [5, 5.41) is 0. The van der Waals surface area contributed by atoms with Crippen LogP contribution in [0, 0.1) is 13.8 Å². The maximum absolute atomic E-state index is 12.1. The van der Waals surface area contributed by atoms with Gasteiger partial charge in [-0.3, -0.25) is 4.79 Å². The molecular weight excluding hydrogens is 290 g/mol. The van der Waals surface area contributed by atoms with E-state index < -0.39 is 0 Å². The summed E-state index contributed by atoms with van der Waals surface area (Å²) in [6, 6.07) is 13.9. The number of rotatable bonds is 5. The molecular formula is C19H21NO3. The summed E-state index contributed by atoms with van der Waals surface area (Å²) in [7, 11) is 0. The third-order valence-electron chi connectivity index (χ3n) is 3.87. The van der Waals surface area contributed by atoms with Crippen molar-refractivity contribution in [1.82, 2.24) is 0 Å². The molecule has 0 aromatic heterocycles. The van der Waals surface area contributed by atoms with Gasteiger partial charge >= 0.3 is 0 Å². The van der Waals surface area contributed by atoms with Gasteiger partial charge in [0.2, 0.25) is 0 Å². The molecule has 1 aliphatic rings. The van der Waals surface area contributed by atoms with Gasteiger partial charge in [0.05, 0.1) is 12.3 Å². The molecule has 1 aliphatic heterocycles. The number of fused-ring (bicyclic) bond motifs is 1. The van der Waals surface area contributed by atoms with Gasteiger partial charge in [0.25, 0.3) is 5.91 Å². The molecule has 2 aromatic rings. The van der Waals surface area contributed by atoms with Gasteiger partial charge in [-0.1, -0.05) is 23.8 Å². The predicted octanol–water partition coefficient (Wildman–Crippen LogP) is 3.50. The Morgan fingerprint density at radius 3 is 2.61 bits per heavy atom. The van der Waals surface area contributed by atoms with Crippen molar-refractivity contribution < 1.29 is 14.3 Å². The Kier molecular flexibility index (Phi) is 4.51. The van der Waals surface area contributed by atoms with Gasteiger partial charge < -0.3 is 14.4 Å². The van der Waals surface area contributed by atoms with E-state index in [4.69, 9.17) is 9.47 Å². The van der Waals surface area contributed by atoms with Gasteiger partial charge in [0.1, 0.15) is 11.5 Å². The molecule has 0 fully saturated rings. The Balaban J connectivity index is 1.58. The third kappa shape index (κ3) is 3.65. The summed E-state index contributed by atoms with van der Waals surface area (Å²) in [4.78, 5) is 13.9. The molecule has 1 heterocycles. The molecule has 0 aliphatic carbocycles. The van der Waals surface area contributed by atoms with Gasteiger partial charge in [-0.05, 0) is 50.1 Å². The first kappa shape index (κ1) is 15.4. The molecule has 1 amide bonds. The van der Waals surface area contributed by atoms with Crippen LogP contribution in [0.5, 0.6) is 11.5 Å². The second kappa shape index (κ2) is 6.73. The lowest BCUT2D eigenvalue weighted by atomic mass is 10.1. The lowest BCUT2D eigenvalue weighted by Crippen LogP contribution is -2.39. The van der Waals surface area contributed by atoms with E-state index in [2.05, 4.69) is 0 Å². The summed E-state index contributed by atoms with van der Waals surface area (Å²) in [6.45, 7) is 5.37. The molecule has 2 aromatic carbocycles. The first-order valence-corrected chi connectivity index (χ1v) is 7.87. The van der Waals surface area contributed by atoms with E-state index in [1.54, 1.807) is 4.90 Å². The number of carbonyl (C=O) groups excluding carboxylic acids is 1. The Morgan fingerprint density at radius 2 is 1.83 bits per heavy atom. The second-order valence-corrected chi connectivity index (χ2v) is 5.82. The molecule has 120 valence electrons. The fourth-order valence-electron chi connectivity index (χ4n) is 2.60. The summed E-state index contributed by atoms with van der Waals surface area (Å²) in [5.41, 5.74) is 3.18. The number of carbonyl (C=O) groups is 1. The number of hydrogen-bond donors (Lipinski definition) is 0. The molecule has 0 atom stereocenters. The zero-order valence-electron chi connectivity index (χ0n) is 13.5. The minimum Gasteiger partial charge on any atom is -0.494 e. The van der Waals surface area contributed by atoms with Crippen LogP contribution in [0.3, 0.4) is 0 Å². The summed E-state index contributed by atoms with van der Waals surface area (Å²) in [5.74, 6) is 1.63. The molecule has 4 heteroatoms. The topological polar surface area (TPSA) is 38.8 Å². The monoisotopic (exact) mass is 311 g/mol. The number of ether oxygens (including phenoxy) is 2. The molecule has 0 saturated carbocycles.